The van der Waals surface area contributed by atoms with Crippen molar-refractivity contribution in [3.8, 4) is 0 Å². The first-order valence-electron chi connectivity index (χ1n) is 12.3. The highest BCUT2D eigenvalue weighted by atomic mass is 35.5. The lowest BCUT2D eigenvalue weighted by Gasteiger charge is -2.38. The molecule has 6 nitrogen and oxygen atoms in total. The molecular weight excluding hydrogens is 500 g/mol. The van der Waals surface area contributed by atoms with Gasteiger partial charge in [0.2, 0.25) is 11.7 Å². The fourth-order valence-electron chi connectivity index (χ4n) is 6.52. The van der Waals surface area contributed by atoms with Gasteiger partial charge in [0.1, 0.15) is 11.5 Å². The first kappa shape index (κ1) is 22.8. The molecule has 1 fully saturated rings. The number of furan rings is 1. The lowest BCUT2D eigenvalue weighted by Crippen LogP contribution is -2.49. The third kappa shape index (κ3) is 2.98. The van der Waals surface area contributed by atoms with E-state index in [2.05, 4.69) is 5.32 Å². The second-order valence-electron chi connectivity index (χ2n) is 9.80. The summed E-state index contributed by atoms with van der Waals surface area (Å²) in [5, 5.41) is 3.53. The zero-order valence-electron chi connectivity index (χ0n) is 20.0. The van der Waals surface area contributed by atoms with Crippen molar-refractivity contribution < 1.29 is 18.8 Å². The summed E-state index contributed by atoms with van der Waals surface area (Å²) in [4.78, 5) is 44.9. The fourth-order valence-corrected chi connectivity index (χ4v) is 6.65. The molecule has 7 heteroatoms. The number of halogens is 1. The van der Waals surface area contributed by atoms with Crippen molar-refractivity contribution >= 4 is 40.8 Å². The zero-order valence-corrected chi connectivity index (χ0v) is 20.8. The van der Waals surface area contributed by atoms with Gasteiger partial charge in [0.25, 0.3) is 0 Å². The van der Waals surface area contributed by atoms with Crippen molar-refractivity contribution in [2.45, 2.75) is 17.5 Å². The SMILES string of the molecule is O=C(c1ccc(Cl)cc1)C1C(C(=O)c2ccco2)C2(C(=O)Nc3ccccc32)C2c3ccccc3C=CN12. The summed E-state index contributed by atoms with van der Waals surface area (Å²) in [6, 6.07) is 23.5. The summed E-state index contributed by atoms with van der Waals surface area (Å²) < 4.78 is 5.56. The summed E-state index contributed by atoms with van der Waals surface area (Å²) in [6.45, 7) is 0. The highest BCUT2D eigenvalue weighted by Gasteiger charge is 2.71. The number of Topliss-reactive ketones (excluding diaryl/α,β-unsaturated/α-hetero) is 2. The molecule has 3 aliphatic rings. The number of anilines is 1. The van der Waals surface area contributed by atoms with Crippen LogP contribution in [0.3, 0.4) is 0 Å². The molecule has 0 aliphatic carbocycles. The van der Waals surface area contributed by atoms with Gasteiger partial charge >= 0.3 is 0 Å². The van der Waals surface area contributed by atoms with E-state index < -0.39 is 29.2 Å². The number of fused-ring (bicyclic) bond motifs is 6. The van der Waals surface area contributed by atoms with Crippen LogP contribution in [0.5, 0.6) is 0 Å². The minimum atomic E-state index is -1.38. The van der Waals surface area contributed by atoms with Gasteiger partial charge in [-0.25, -0.2) is 0 Å². The molecule has 4 heterocycles. The molecule has 4 unspecified atom stereocenters. The van der Waals surface area contributed by atoms with Gasteiger partial charge in [-0.05, 0) is 65.2 Å². The number of rotatable bonds is 4. The zero-order chi connectivity index (χ0) is 26.0. The number of hydrogen-bond donors (Lipinski definition) is 1. The summed E-state index contributed by atoms with van der Waals surface area (Å²) in [5.41, 5.74) is 2.18. The van der Waals surface area contributed by atoms with Gasteiger partial charge in [0.15, 0.2) is 11.5 Å². The quantitative estimate of drug-likeness (QED) is 0.338. The van der Waals surface area contributed by atoms with Crippen molar-refractivity contribution in [1.82, 2.24) is 4.90 Å². The molecule has 1 aromatic heterocycles. The van der Waals surface area contributed by atoms with Crippen LogP contribution in [0.15, 0.2) is 102 Å². The maximum Gasteiger partial charge on any atom is 0.238 e. The number of para-hydroxylation sites is 1. The predicted molar refractivity (Wildman–Crippen MR) is 143 cm³/mol. The van der Waals surface area contributed by atoms with Gasteiger partial charge in [0.05, 0.1) is 18.2 Å². The molecule has 0 radical (unpaired) electrons. The summed E-state index contributed by atoms with van der Waals surface area (Å²) in [7, 11) is 0. The Balaban J connectivity index is 1.54. The Morgan fingerprint density at radius 3 is 2.45 bits per heavy atom. The normalized spacial score (nSPS) is 24.6. The summed E-state index contributed by atoms with van der Waals surface area (Å²) >= 11 is 6.11. The standard InChI is InChI=1S/C31H21ClN2O4/c32-20-13-11-19(12-14-20)27(35)26-25(28(36)24-10-5-17-38-24)31(22-8-3-4-9-23(22)33-30(31)37)29-21-7-2-1-6-18(21)15-16-34(26)29/h1-17,25-26,29H,(H,33,37). The lowest BCUT2D eigenvalue weighted by atomic mass is 9.63. The molecule has 3 aromatic carbocycles. The van der Waals surface area contributed by atoms with E-state index in [0.29, 0.717) is 21.8 Å². The van der Waals surface area contributed by atoms with E-state index in [0.717, 1.165) is 11.1 Å². The Kier molecular flexibility index (Phi) is 4.97. The van der Waals surface area contributed by atoms with E-state index in [-0.39, 0.29) is 17.5 Å². The van der Waals surface area contributed by atoms with Gasteiger partial charge in [-0.1, -0.05) is 54.1 Å². The Bertz CT molecular complexity index is 1640. The van der Waals surface area contributed by atoms with Crippen LogP contribution >= 0.6 is 11.6 Å². The van der Waals surface area contributed by atoms with Crippen LogP contribution in [0, 0.1) is 5.92 Å². The van der Waals surface area contributed by atoms with Crippen molar-refractivity contribution in [3.05, 3.63) is 130 Å². The van der Waals surface area contributed by atoms with Crippen LogP contribution in [0.4, 0.5) is 5.69 Å². The Hall–Kier alpha value is -4.42. The number of nitrogens with one attached hydrogen (secondary N) is 1. The molecule has 3 aliphatic heterocycles. The summed E-state index contributed by atoms with van der Waals surface area (Å²) in [5.74, 6) is -1.93. The van der Waals surface area contributed by atoms with Gasteiger partial charge in [0, 0.05) is 22.5 Å². The molecule has 0 bridgehead atoms. The van der Waals surface area contributed by atoms with Gasteiger partial charge in [-0.2, -0.15) is 0 Å². The van der Waals surface area contributed by atoms with E-state index in [4.69, 9.17) is 16.0 Å². The number of amides is 1. The number of nitrogens with zero attached hydrogens (tertiary/aromatic N) is 1. The van der Waals surface area contributed by atoms with Crippen molar-refractivity contribution in [1.29, 1.82) is 0 Å². The van der Waals surface area contributed by atoms with Gasteiger partial charge < -0.3 is 14.6 Å². The van der Waals surface area contributed by atoms with E-state index >= 15 is 0 Å². The van der Waals surface area contributed by atoms with Crippen LogP contribution in [0.25, 0.3) is 6.08 Å². The third-order valence-corrected chi connectivity index (χ3v) is 8.27. The highest BCUT2D eigenvalue weighted by Crippen LogP contribution is 2.62. The minimum absolute atomic E-state index is 0.109. The largest absolute Gasteiger partial charge is 0.461 e. The monoisotopic (exact) mass is 520 g/mol. The average molecular weight is 521 g/mol. The highest BCUT2D eigenvalue weighted by molar-refractivity contribution is 6.30. The lowest BCUT2D eigenvalue weighted by molar-refractivity contribution is -0.122. The molecule has 7 rings (SSSR count). The van der Waals surface area contributed by atoms with Crippen LogP contribution in [-0.2, 0) is 10.2 Å². The van der Waals surface area contributed by atoms with E-state index in [1.807, 2.05) is 65.7 Å². The Morgan fingerprint density at radius 1 is 0.895 bits per heavy atom. The molecule has 1 N–H and O–H groups in total. The van der Waals surface area contributed by atoms with Crippen LogP contribution in [0.1, 0.15) is 43.6 Å². The van der Waals surface area contributed by atoms with E-state index in [1.54, 1.807) is 36.4 Å². The fraction of sp³-hybridized carbons (Fsp3) is 0.129. The predicted octanol–water partition coefficient (Wildman–Crippen LogP) is 5.91. The van der Waals surface area contributed by atoms with Crippen molar-refractivity contribution in [2.24, 2.45) is 5.92 Å². The third-order valence-electron chi connectivity index (χ3n) is 8.01. The van der Waals surface area contributed by atoms with Gasteiger partial charge in [-0.3, -0.25) is 14.4 Å². The number of hydrogen-bond acceptors (Lipinski definition) is 5. The first-order chi connectivity index (χ1) is 18.5. The molecule has 1 spiro atoms. The topological polar surface area (TPSA) is 79.6 Å². The van der Waals surface area contributed by atoms with Crippen molar-refractivity contribution in [2.75, 3.05) is 5.32 Å². The number of carbonyl (C=O) groups excluding carboxylic acids is 3. The molecule has 0 saturated carbocycles. The molecule has 4 aromatic rings. The molecular formula is C31H21ClN2O4. The molecule has 1 amide bonds. The minimum Gasteiger partial charge on any atom is -0.461 e. The molecule has 38 heavy (non-hydrogen) atoms. The maximum atomic E-state index is 14.4. The van der Waals surface area contributed by atoms with Crippen LogP contribution in [-0.4, -0.2) is 28.4 Å². The smallest absolute Gasteiger partial charge is 0.238 e. The van der Waals surface area contributed by atoms with E-state index in [9.17, 15) is 14.4 Å². The Morgan fingerprint density at radius 2 is 1.66 bits per heavy atom. The maximum absolute atomic E-state index is 14.4. The Labute approximate surface area is 223 Å². The van der Waals surface area contributed by atoms with Gasteiger partial charge in [-0.15, -0.1) is 0 Å². The molecule has 186 valence electrons. The average Bonchev–Trinajstić information content (AvgIpc) is 3.65. The van der Waals surface area contributed by atoms with Crippen LogP contribution < -0.4 is 5.32 Å². The van der Waals surface area contributed by atoms with E-state index in [1.165, 1.54) is 6.26 Å². The first-order valence-corrected chi connectivity index (χ1v) is 12.7. The molecule has 1 saturated heterocycles. The second kappa shape index (κ2) is 8.30. The van der Waals surface area contributed by atoms with Crippen molar-refractivity contribution in [3.63, 3.8) is 0 Å². The molecule has 4 atom stereocenters. The number of ketones is 2. The number of benzene rings is 3. The number of carbonyl (C=O) groups is 3. The van der Waals surface area contributed by atoms with Crippen LogP contribution in [0.2, 0.25) is 5.02 Å². The second-order valence-corrected chi connectivity index (χ2v) is 10.2. The summed E-state index contributed by atoms with van der Waals surface area (Å²) in [6.07, 6.45) is 5.20.